The highest BCUT2D eigenvalue weighted by atomic mass is 16.7. The molecule has 2 unspecified atom stereocenters. The van der Waals surface area contributed by atoms with Crippen LogP contribution >= 0.6 is 0 Å². The molecule has 0 amide bonds. The topological polar surface area (TPSA) is 235 Å². The minimum atomic E-state index is -0.700. The first-order valence-corrected chi connectivity index (χ1v) is 23.5. The highest BCUT2D eigenvalue weighted by Crippen LogP contribution is 2.42. The summed E-state index contributed by atoms with van der Waals surface area (Å²) in [6, 6.07) is 17.1. The second kappa shape index (κ2) is 18.0. The monoisotopic (exact) mass is 952 g/mol. The molecule has 4 aromatic carbocycles. The fourth-order valence-electron chi connectivity index (χ4n) is 10.2. The molecule has 360 valence electrons. The molecular formula is C47H48N14O9. The smallest absolute Gasteiger partial charge is 0.305 e. The first-order valence-electron chi connectivity index (χ1n) is 23.5. The number of rotatable bonds is 10. The van der Waals surface area contributed by atoms with Crippen molar-refractivity contribution in [2.24, 2.45) is 0 Å². The maximum absolute atomic E-state index is 13.9. The van der Waals surface area contributed by atoms with E-state index in [1.807, 2.05) is 9.80 Å². The molecule has 6 aromatic rings. The Morgan fingerprint density at radius 1 is 0.500 bits per heavy atom. The van der Waals surface area contributed by atoms with E-state index in [9.17, 15) is 25.0 Å². The van der Waals surface area contributed by atoms with Crippen LogP contribution in [0.3, 0.4) is 0 Å². The summed E-state index contributed by atoms with van der Waals surface area (Å²) in [4.78, 5) is 68.3. The molecule has 4 fully saturated rings. The van der Waals surface area contributed by atoms with Crippen LogP contribution in [0.2, 0.25) is 0 Å². The van der Waals surface area contributed by atoms with Gasteiger partial charge in [0, 0.05) is 139 Å². The number of nitro groups is 2. The molecule has 0 saturated carbocycles. The summed E-state index contributed by atoms with van der Waals surface area (Å²) in [6.45, 7) is 10.2. The van der Waals surface area contributed by atoms with Gasteiger partial charge in [-0.2, -0.15) is 0 Å². The van der Waals surface area contributed by atoms with Crippen LogP contribution in [0.15, 0.2) is 73.3 Å². The largest absolute Gasteiger partial charge is 0.438 e. The van der Waals surface area contributed by atoms with E-state index in [0.29, 0.717) is 157 Å². The molecular weight excluding hydrogens is 905 g/mol. The van der Waals surface area contributed by atoms with Gasteiger partial charge in [-0.3, -0.25) is 25.0 Å². The molecule has 2 N–H and O–H groups in total. The van der Waals surface area contributed by atoms with Crippen LogP contribution in [0.1, 0.15) is 15.9 Å². The minimum absolute atomic E-state index is 0.0379. The third-order valence-corrected chi connectivity index (χ3v) is 13.9. The van der Waals surface area contributed by atoms with Gasteiger partial charge in [0.1, 0.15) is 35.7 Å². The van der Waals surface area contributed by atoms with Crippen molar-refractivity contribution in [1.29, 1.82) is 0 Å². The zero-order valence-corrected chi connectivity index (χ0v) is 37.9. The Balaban J connectivity index is 0.666. The normalized spacial score (nSPS) is 20.6. The Morgan fingerprint density at radius 3 is 1.30 bits per heavy atom. The van der Waals surface area contributed by atoms with Crippen LogP contribution in [0.25, 0.3) is 21.8 Å². The number of piperazine rings is 4. The number of hydrogen-bond acceptors (Lipinski definition) is 21. The van der Waals surface area contributed by atoms with E-state index in [4.69, 9.17) is 18.9 Å². The lowest BCUT2D eigenvalue weighted by atomic mass is 10.0. The SMILES string of the molecule is O=C(c1ccc2c(c1)OC(N1CCN(c3ncnc4cc(N5CCNCC5)c([N+](=O)[O-])cc34)CC1)O2)c1ccc2c(c1)OC(N1CCN(c3ncnc4cc(N5CCNCC5)c([N+](=O)[O-])cc34)CC1)O2. The van der Waals surface area contributed by atoms with Crippen molar-refractivity contribution in [2.75, 3.05) is 124 Å². The van der Waals surface area contributed by atoms with Gasteiger partial charge in [0.25, 0.3) is 11.4 Å². The molecule has 0 radical (unpaired) electrons. The van der Waals surface area contributed by atoms with Gasteiger partial charge < -0.3 is 49.2 Å². The van der Waals surface area contributed by atoms with E-state index in [1.54, 1.807) is 60.7 Å². The Labute approximate surface area is 399 Å². The van der Waals surface area contributed by atoms with Gasteiger partial charge in [0.15, 0.2) is 28.8 Å². The molecule has 6 aliphatic heterocycles. The van der Waals surface area contributed by atoms with E-state index in [-0.39, 0.29) is 27.0 Å². The van der Waals surface area contributed by atoms with Crippen molar-refractivity contribution < 1.29 is 33.6 Å². The van der Waals surface area contributed by atoms with Crippen LogP contribution in [-0.4, -0.2) is 163 Å². The number of carbonyl (C=O) groups is 1. The van der Waals surface area contributed by atoms with Crippen molar-refractivity contribution in [3.63, 3.8) is 0 Å². The van der Waals surface area contributed by atoms with E-state index < -0.39 is 12.8 Å². The number of ether oxygens (including phenoxy) is 4. The van der Waals surface area contributed by atoms with Gasteiger partial charge >= 0.3 is 12.8 Å². The Kier molecular flexibility index (Phi) is 11.2. The van der Waals surface area contributed by atoms with E-state index in [1.165, 1.54) is 12.7 Å². The standard InChI is InChI=1S/C47H48N14O9/c62-43(29-1-3-39-41(21-29)69-46(67-39)58-17-13-56(14-18-58)44-31-23-37(60(63)64)35(25-33(31)50-27-52-44)54-9-5-48-6-10-54)30-2-4-40-42(22-30)70-47(68-40)59-19-15-57(16-20-59)45-32-24-38(61(65)66)36(26-34(32)51-28-53-45)55-11-7-49-8-12-55/h1-4,21-28,46-49H,5-20H2. The molecule has 0 bridgehead atoms. The summed E-state index contributed by atoms with van der Waals surface area (Å²) in [7, 11) is 0. The zero-order chi connectivity index (χ0) is 47.5. The van der Waals surface area contributed by atoms with E-state index in [2.05, 4.69) is 50.2 Å². The molecule has 23 heteroatoms. The number of ketones is 1. The molecule has 8 heterocycles. The number of nitro benzene ring substituents is 2. The lowest BCUT2D eigenvalue weighted by Crippen LogP contribution is -2.53. The van der Waals surface area contributed by atoms with Gasteiger partial charge in [-0.1, -0.05) is 0 Å². The summed E-state index contributed by atoms with van der Waals surface area (Å²) < 4.78 is 25.0. The predicted octanol–water partition coefficient (Wildman–Crippen LogP) is 3.19. The summed E-state index contributed by atoms with van der Waals surface area (Å²) in [5.41, 5.74) is 3.36. The van der Waals surface area contributed by atoms with Crippen LogP contribution in [0.5, 0.6) is 23.0 Å². The summed E-state index contributed by atoms with van der Waals surface area (Å²) in [6.07, 6.45) is 1.61. The quantitative estimate of drug-likeness (QED) is 0.114. The Bertz CT molecular complexity index is 2840. The minimum Gasteiger partial charge on any atom is -0.438 e. The second-order valence-corrected chi connectivity index (χ2v) is 17.9. The maximum Gasteiger partial charge on any atom is 0.305 e. The van der Waals surface area contributed by atoms with Gasteiger partial charge in [-0.05, 0) is 48.5 Å². The third kappa shape index (κ3) is 8.04. The fraction of sp³-hybridized carbons (Fsp3) is 0.383. The second-order valence-electron chi connectivity index (χ2n) is 17.9. The molecule has 12 rings (SSSR count). The van der Waals surface area contributed by atoms with Crippen molar-refractivity contribution in [3.8, 4) is 23.0 Å². The average Bonchev–Trinajstić information content (AvgIpc) is 4.05. The molecule has 0 aliphatic carbocycles. The number of aromatic nitrogens is 4. The summed E-state index contributed by atoms with van der Waals surface area (Å²) in [5, 5.41) is 32.4. The van der Waals surface area contributed by atoms with E-state index >= 15 is 0 Å². The molecule has 6 aliphatic rings. The van der Waals surface area contributed by atoms with Crippen molar-refractivity contribution >= 4 is 62.0 Å². The van der Waals surface area contributed by atoms with Crippen molar-refractivity contribution in [3.05, 3.63) is 105 Å². The van der Waals surface area contributed by atoms with Gasteiger partial charge in [0.2, 0.25) is 0 Å². The number of anilines is 4. The molecule has 2 atom stereocenters. The van der Waals surface area contributed by atoms with Crippen molar-refractivity contribution in [1.82, 2.24) is 40.4 Å². The number of carbonyl (C=O) groups excluding carboxylic acids is 1. The Morgan fingerprint density at radius 2 is 0.900 bits per heavy atom. The number of nitrogens with one attached hydrogen (secondary N) is 2. The first-order chi connectivity index (χ1) is 34.2. The van der Waals surface area contributed by atoms with Crippen LogP contribution in [0, 0.1) is 20.2 Å². The third-order valence-electron chi connectivity index (χ3n) is 13.9. The Hall–Kier alpha value is -7.73. The van der Waals surface area contributed by atoms with Gasteiger partial charge in [-0.25, -0.2) is 29.7 Å². The highest BCUT2D eigenvalue weighted by Gasteiger charge is 2.37. The molecule has 4 saturated heterocycles. The molecule has 2 aromatic heterocycles. The lowest BCUT2D eigenvalue weighted by molar-refractivity contribution is -0.384. The number of hydrogen-bond donors (Lipinski definition) is 2. The predicted molar refractivity (Wildman–Crippen MR) is 257 cm³/mol. The average molecular weight is 953 g/mol. The van der Waals surface area contributed by atoms with E-state index in [0.717, 1.165) is 26.2 Å². The van der Waals surface area contributed by atoms with Crippen LogP contribution < -0.4 is 49.2 Å². The number of fused-ring (bicyclic) bond motifs is 4. The zero-order valence-electron chi connectivity index (χ0n) is 37.9. The maximum atomic E-state index is 13.9. The first kappa shape index (κ1) is 43.5. The number of nitrogens with zero attached hydrogens (tertiary/aromatic N) is 12. The van der Waals surface area contributed by atoms with Gasteiger partial charge in [0.05, 0.1) is 20.9 Å². The highest BCUT2D eigenvalue weighted by molar-refractivity contribution is 6.09. The molecule has 23 nitrogen and oxygen atoms in total. The summed E-state index contributed by atoms with van der Waals surface area (Å²) >= 11 is 0. The van der Waals surface area contributed by atoms with Crippen molar-refractivity contribution in [2.45, 2.75) is 12.8 Å². The van der Waals surface area contributed by atoms with Crippen LogP contribution in [-0.2, 0) is 0 Å². The fourth-order valence-corrected chi connectivity index (χ4v) is 10.2. The molecule has 0 spiro atoms. The molecule has 70 heavy (non-hydrogen) atoms. The summed E-state index contributed by atoms with van der Waals surface area (Å²) in [5.74, 6) is 3.04. The lowest BCUT2D eigenvalue weighted by Gasteiger charge is -2.37. The van der Waals surface area contributed by atoms with Crippen LogP contribution in [0.4, 0.5) is 34.4 Å². The number of benzene rings is 4. The van der Waals surface area contributed by atoms with Gasteiger partial charge in [-0.15, -0.1) is 0 Å².